The van der Waals surface area contributed by atoms with Crippen molar-refractivity contribution in [1.82, 2.24) is 0 Å². The lowest BCUT2D eigenvalue weighted by atomic mass is 9.83. The first-order valence-electron chi connectivity index (χ1n) is 4.93. The van der Waals surface area contributed by atoms with E-state index in [0.717, 1.165) is 5.92 Å². The SMILES string of the molecule is CCC(CC)C(P)(CC)CC.Cl. The van der Waals surface area contributed by atoms with Crippen molar-refractivity contribution >= 4 is 21.6 Å². The Kier molecular flexibility index (Phi) is 9.07. The fourth-order valence-electron chi connectivity index (χ4n) is 1.93. The molecule has 12 heavy (non-hydrogen) atoms. The Morgan fingerprint density at radius 3 is 1.42 bits per heavy atom. The summed E-state index contributed by atoms with van der Waals surface area (Å²) in [6, 6.07) is 0. The molecule has 0 fully saturated rings. The van der Waals surface area contributed by atoms with Crippen LogP contribution in [0.25, 0.3) is 0 Å². The second-order valence-corrected chi connectivity index (χ2v) is 4.60. The zero-order valence-corrected chi connectivity index (χ0v) is 10.9. The molecule has 0 saturated heterocycles. The Labute approximate surface area is 86.5 Å². The summed E-state index contributed by atoms with van der Waals surface area (Å²) in [4.78, 5) is 0. The highest BCUT2D eigenvalue weighted by Crippen LogP contribution is 2.38. The molecule has 0 spiro atoms. The summed E-state index contributed by atoms with van der Waals surface area (Å²) >= 11 is 0. The second kappa shape index (κ2) is 7.15. The van der Waals surface area contributed by atoms with Gasteiger partial charge in [0.15, 0.2) is 0 Å². The highest BCUT2D eigenvalue weighted by Gasteiger charge is 2.27. The molecule has 0 bridgehead atoms. The Hall–Kier alpha value is 0.720. The van der Waals surface area contributed by atoms with E-state index in [1.165, 1.54) is 25.7 Å². The first-order valence-corrected chi connectivity index (χ1v) is 5.51. The molecule has 0 aliphatic carbocycles. The molecule has 76 valence electrons. The van der Waals surface area contributed by atoms with Gasteiger partial charge in [-0.25, -0.2) is 0 Å². The van der Waals surface area contributed by atoms with Crippen molar-refractivity contribution < 1.29 is 0 Å². The standard InChI is InChI=1S/C10H23P.ClH/c1-5-9(6-2)10(11,7-3)8-4;/h9H,5-8,11H2,1-4H3;1H. The Morgan fingerprint density at radius 1 is 1.00 bits per heavy atom. The molecule has 1 unspecified atom stereocenters. The Morgan fingerprint density at radius 2 is 1.33 bits per heavy atom. The average Bonchev–Trinajstić information content (AvgIpc) is 2.06. The summed E-state index contributed by atoms with van der Waals surface area (Å²) in [5.41, 5.74) is 0. The van der Waals surface area contributed by atoms with Crippen LogP contribution in [-0.4, -0.2) is 5.16 Å². The fourth-order valence-corrected chi connectivity index (χ4v) is 2.40. The van der Waals surface area contributed by atoms with Gasteiger partial charge in [0.25, 0.3) is 0 Å². The van der Waals surface area contributed by atoms with Gasteiger partial charge in [0, 0.05) is 0 Å². The van der Waals surface area contributed by atoms with Gasteiger partial charge in [-0.15, -0.1) is 21.6 Å². The lowest BCUT2D eigenvalue weighted by Crippen LogP contribution is -2.28. The van der Waals surface area contributed by atoms with Gasteiger partial charge in [0.05, 0.1) is 0 Å². The van der Waals surface area contributed by atoms with E-state index in [9.17, 15) is 0 Å². The third-order valence-electron chi connectivity index (χ3n) is 3.12. The monoisotopic (exact) mass is 210 g/mol. The van der Waals surface area contributed by atoms with Crippen LogP contribution in [0.4, 0.5) is 0 Å². The van der Waals surface area contributed by atoms with Gasteiger partial charge >= 0.3 is 0 Å². The van der Waals surface area contributed by atoms with Crippen LogP contribution in [-0.2, 0) is 0 Å². The molecule has 2 heteroatoms. The van der Waals surface area contributed by atoms with Crippen molar-refractivity contribution in [2.24, 2.45) is 5.92 Å². The predicted octanol–water partition coefficient (Wildman–Crippen LogP) is 4.28. The number of rotatable bonds is 5. The second-order valence-electron chi connectivity index (χ2n) is 3.45. The van der Waals surface area contributed by atoms with Crippen molar-refractivity contribution in [3.05, 3.63) is 0 Å². The van der Waals surface area contributed by atoms with E-state index < -0.39 is 0 Å². The van der Waals surface area contributed by atoms with Gasteiger partial charge in [-0.1, -0.05) is 40.5 Å². The molecular formula is C10H24ClP. The smallest absolute Gasteiger partial charge is 0.0127 e. The summed E-state index contributed by atoms with van der Waals surface area (Å²) in [5, 5.41) is 0.517. The van der Waals surface area contributed by atoms with Crippen LogP contribution in [0.5, 0.6) is 0 Å². The molecular weight excluding hydrogens is 187 g/mol. The van der Waals surface area contributed by atoms with Crippen molar-refractivity contribution in [1.29, 1.82) is 0 Å². The van der Waals surface area contributed by atoms with Crippen LogP contribution < -0.4 is 0 Å². The molecule has 1 atom stereocenters. The lowest BCUT2D eigenvalue weighted by molar-refractivity contribution is 0.334. The number of hydrogen-bond acceptors (Lipinski definition) is 0. The van der Waals surface area contributed by atoms with E-state index in [1.54, 1.807) is 0 Å². The topological polar surface area (TPSA) is 0 Å². The van der Waals surface area contributed by atoms with Crippen LogP contribution in [0.2, 0.25) is 0 Å². The van der Waals surface area contributed by atoms with Gasteiger partial charge in [-0.3, -0.25) is 0 Å². The van der Waals surface area contributed by atoms with Crippen molar-refractivity contribution in [2.45, 2.75) is 58.5 Å². The van der Waals surface area contributed by atoms with Gasteiger partial charge in [0.1, 0.15) is 0 Å². The third-order valence-corrected chi connectivity index (χ3v) is 4.40. The Bertz CT molecular complexity index is 96.0. The normalized spacial score (nSPS) is 11.5. The minimum absolute atomic E-state index is 0. The molecule has 0 aromatic carbocycles. The van der Waals surface area contributed by atoms with E-state index >= 15 is 0 Å². The molecule has 0 aromatic heterocycles. The van der Waals surface area contributed by atoms with Crippen molar-refractivity contribution in [3.8, 4) is 0 Å². The lowest BCUT2D eigenvalue weighted by Gasteiger charge is -2.35. The number of halogens is 1. The van der Waals surface area contributed by atoms with Crippen molar-refractivity contribution in [3.63, 3.8) is 0 Å². The van der Waals surface area contributed by atoms with Crippen LogP contribution in [0.15, 0.2) is 0 Å². The maximum absolute atomic E-state index is 3.07. The van der Waals surface area contributed by atoms with Gasteiger partial charge in [0.2, 0.25) is 0 Å². The zero-order chi connectivity index (χ0) is 8.91. The van der Waals surface area contributed by atoms with Gasteiger partial charge in [-0.05, 0) is 23.9 Å². The van der Waals surface area contributed by atoms with Gasteiger partial charge in [-0.2, -0.15) is 0 Å². The minimum atomic E-state index is 0. The van der Waals surface area contributed by atoms with Crippen LogP contribution in [0.3, 0.4) is 0 Å². The molecule has 0 N–H and O–H groups in total. The molecule has 0 nitrogen and oxygen atoms in total. The molecule has 0 rings (SSSR count). The predicted molar refractivity (Wildman–Crippen MR) is 64.3 cm³/mol. The summed E-state index contributed by atoms with van der Waals surface area (Å²) in [5.74, 6) is 0.891. The molecule has 0 saturated carbocycles. The maximum Gasteiger partial charge on any atom is -0.0127 e. The van der Waals surface area contributed by atoms with Crippen LogP contribution in [0, 0.1) is 5.92 Å². The summed E-state index contributed by atoms with van der Waals surface area (Å²) in [6.07, 6.45) is 5.23. The Balaban J connectivity index is 0. The largest absolute Gasteiger partial charge is 0.147 e. The first kappa shape index (κ1) is 15.2. The summed E-state index contributed by atoms with van der Waals surface area (Å²) in [7, 11) is 3.07. The quantitative estimate of drug-likeness (QED) is 0.595. The van der Waals surface area contributed by atoms with E-state index in [2.05, 4.69) is 36.9 Å². The molecule has 0 aromatic rings. The van der Waals surface area contributed by atoms with E-state index in [4.69, 9.17) is 0 Å². The highest BCUT2D eigenvalue weighted by atomic mass is 35.5. The van der Waals surface area contributed by atoms with E-state index in [-0.39, 0.29) is 12.4 Å². The summed E-state index contributed by atoms with van der Waals surface area (Å²) in [6.45, 7) is 9.21. The molecule has 0 aliphatic rings. The number of hydrogen-bond donors (Lipinski definition) is 0. The van der Waals surface area contributed by atoms with E-state index in [0.29, 0.717) is 5.16 Å². The highest BCUT2D eigenvalue weighted by molar-refractivity contribution is 7.19. The fraction of sp³-hybridized carbons (Fsp3) is 1.00. The van der Waals surface area contributed by atoms with Crippen LogP contribution >= 0.6 is 21.6 Å². The van der Waals surface area contributed by atoms with Gasteiger partial charge < -0.3 is 0 Å². The molecule has 0 aliphatic heterocycles. The summed E-state index contributed by atoms with van der Waals surface area (Å²) < 4.78 is 0. The molecule has 0 amide bonds. The van der Waals surface area contributed by atoms with Crippen LogP contribution in [0.1, 0.15) is 53.4 Å². The first-order chi connectivity index (χ1) is 5.14. The third kappa shape index (κ3) is 3.62. The zero-order valence-electron chi connectivity index (χ0n) is 8.89. The average molecular weight is 211 g/mol. The molecule has 0 radical (unpaired) electrons. The van der Waals surface area contributed by atoms with Crippen molar-refractivity contribution in [2.75, 3.05) is 0 Å². The maximum atomic E-state index is 3.07. The minimum Gasteiger partial charge on any atom is -0.147 e. The molecule has 0 heterocycles. The van der Waals surface area contributed by atoms with E-state index in [1.807, 2.05) is 0 Å².